The third-order valence-corrected chi connectivity index (χ3v) is 3.30. The van der Waals surface area contributed by atoms with E-state index < -0.39 is 0 Å². The normalized spacial score (nSPS) is 25.3. The molecule has 1 heteroatoms. The van der Waals surface area contributed by atoms with E-state index in [4.69, 9.17) is 0 Å². The van der Waals surface area contributed by atoms with Crippen LogP contribution < -0.4 is 5.32 Å². The van der Waals surface area contributed by atoms with Gasteiger partial charge in [-0.05, 0) is 25.3 Å². The molecule has 0 aromatic rings. The van der Waals surface area contributed by atoms with Crippen LogP contribution in [0.25, 0.3) is 0 Å². The van der Waals surface area contributed by atoms with Gasteiger partial charge in [-0.1, -0.05) is 52.4 Å². The van der Waals surface area contributed by atoms with Gasteiger partial charge in [0.1, 0.15) is 0 Å². The molecule has 1 aliphatic carbocycles. The van der Waals surface area contributed by atoms with Gasteiger partial charge in [0.15, 0.2) is 0 Å². The lowest BCUT2D eigenvalue weighted by Crippen LogP contribution is -2.18. The minimum Gasteiger partial charge on any atom is -0.314 e. The van der Waals surface area contributed by atoms with Gasteiger partial charge in [-0.3, -0.25) is 0 Å². The summed E-state index contributed by atoms with van der Waals surface area (Å²) in [6.07, 6.45) is 11.4. The molecule has 1 nitrogen and oxygen atoms in total. The van der Waals surface area contributed by atoms with E-state index in [9.17, 15) is 0 Å². The van der Waals surface area contributed by atoms with Crippen LogP contribution in [0.3, 0.4) is 0 Å². The highest BCUT2D eigenvalue weighted by molar-refractivity contribution is 4.89. The molecule has 0 aliphatic heterocycles. The summed E-state index contributed by atoms with van der Waals surface area (Å²) in [6.45, 7) is 5.87. The molecule has 1 N–H and O–H groups in total. The lowest BCUT2D eigenvalue weighted by atomic mass is 10.1. The Kier molecular flexibility index (Phi) is 6.25. The Labute approximate surface area is 89.7 Å². The fourth-order valence-electron chi connectivity index (χ4n) is 1.98. The van der Waals surface area contributed by atoms with Crippen LogP contribution in [0.15, 0.2) is 0 Å². The van der Waals surface area contributed by atoms with Crippen molar-refractivity contribution in [1.29, 1.82) is 0 Å². The molecule has 84 valence electrons. The van der Waals surface area contributed by atoms with Crippen LogP contribution in [0, 0.1) is 5.92 Å². The molecule has 1 rings (SSSR count). The molecular weight excluding hydrogens is 170 g/mol. The van der Waals surface area contributed by atoms with Gasteiger partial charge >= 0.3 is 0 Å². The molecule has 0 bridgehead atoms. The molecule has 14 heavy (non-hydrogen) atoms. The quantitative estimate of drug-likeness (QED) is 0.555. The van der Waals surface area contributed by atoms with E-state index in [1.807, 2.05) is 0 Å². The topological polar surface area (TPSA) is 12.0 Å². The highest BCUT2D eigenvalue weighted by atomic mass is 15.0. The summed E-state index contributed by atoms with van der Waals surface area (Å²) in [4.78, 5) is 0. The largest absolute Gasteiger partial charge is 0.314 e. The van der Waals surface area contributed by atoms with E-state index in [0.29, 0.717) is 0 Å². The maximum Gasteiger partial charge on any atom is 0.00963 e. The van der Waals surface area contributed by atoms with E-state index in [0.717, 1.165) is 12.0 Å². The van der Waals surface area contributed by atoms with Crippen molar-refractivity contribution < 1.29 is 0 Å². The molecule has 0 saturated heterocycles. The molecule has 2 atom stereocenters. The molecule has 2 unspecified atom stereocenters. The highest BCUT2D eigenvalue weighted by Crippen LogP contribution is 2.28. The highest BCUT2D eigenvalue weighted by Gasteiger charge is 2.31. The Morgan fingerprint density at radius 1 is 1.00 bits per heavy atom. The predicted molar refractivity (Wildman–Crippen MR) is 63.6 cm³/mol. The minimum absolute atomic E-state index is 0.870. The van der Waals surface area contributed by atoms with Crippen molar-refractivity contribution in [3.8, 4) is 0 Å². The van der Waals surface area contributed by atoms with Crippen molar-refractivity contribution in [3.63, 3.8) is 0 Å². The average Bonchev–Trinajstić information content (AvgIpc) is 2.87. The van der Waals surface area contributed by atoms with Crippen LogP contribution in [0.5, 0.6) is 0 Å². The van der Waals surface area contributed by atoms with Gasteiger partial charge in [-0.2, -0.15) is 0 Å². The van der Waals surface area contributed by atoms with Crippen LogP contribution in [0.2, 0.25) is 0 Å². The molecule has 1 aliphatic rings. The lowest BCUT2D eigenvalue weighted by Gasteiger charge is -2.03. The maximum atomic E-state index is 3.61. The molecule has 1 saturated carbocycles. The SMILES string of the molecule is CCCCCCCCCNC1CC1C. The summed E-state index contributed by atoms with van der Waals surface area (Å²) in [5, 5.41) is 3.61. The van der Waals surface area contributed by atoms with Gasteiger partial charge in [-0.25, -0.2) is 0 Å². The zero-order valence-electron chi connectivity index (χ0n) is 10.0. The predicted octanol–water partition coefficient (Wildman–Crippen LogP) is 3.74. The number of rotatable bonds is 9. The lowest BCUT2D eigenvalue weighted by molar-refractivity contribution is 0.555. The molecule has 0 spiro atoms. The first-order valence-corrected chi connectivity index (χ1v) is 6.58. The molecular formula is C13H27N. The Morgan fingerprint density at radius 2 is 1.57 bits per heavy atom. The zero-order chi connectivity index (χ0) is 10.2. The van der Waals surface area contributed by atoms with Crippen LogP contribution in [-0.2, 0) is 0 Å². The maximum absolute atomic E-state index is 3.61. The molecule has 0 aromatic carbocycles. The standard InChI is InChI=1S/C13H27N/c1-3-4-5-6-7-8-9-10-14-13-11-12(13)2/h12-14H,3-11H2,1-2H3. The summed E-state index contributed by atoms with van der Waals surface area (Å²) in [5.41, 5.74) is 0. The number of unbranched alkanes of at least 4 members (excludes halogenated alkanes) is 6. The van der Waals surface area contributed by atoms with Crippen molar-refractivity contribution in [2.24, 2.45) is 5.92 Å². The second kappa shape index (κ2) is 7.28. The smallest absolute Gasteiger partial charge is 0.00963 e. The van der Waals surface area contributed by atoms with Crippen molar-refractivity contribution in [2.45, 2.75) is 71.3 Å². The molecule has 0 heterocycles. The molecule has 0 radical (unpaired) electrons. The number of hydrogen-bond donors (Lipinski definition) is 1. The second-order valence-corrected chi connectivity index (χ2v) is 4.89. The van der Waals surface area contributed by atoms with E-state index in [2.05, 4.69) is 19.2 Å². The first-order valence-electron chi connectivity index (χ1n) is 6.58. The van der Waals surface area contributed by atoms with Crippen molar-refractivity contribution in [1.82, 2.24) is 5.32 Å². The first-order chi connectivity index (χ1) is 6.84. The monoisotopic (exact) mass is 197 g/mol. The van der Waals surface area contributed by atoms with E-state index in [-0.39, 0.29) is 0 Å². The molecule has 1 fully saturated rings. The van der Waals surface area contributed by atoms with Crippen LogP contribution >= 0.6 is 0 Å². The summed E-state index contributed by atoms with van der Waals surface area (Å²) in [6, 6.07) is 0.870. The Hall–Kier alpha value is -0.0400. The average molecular weight is 197 g/mol. The van der Waals surface area contributed by atoms with Gasteiger partial charge in [0.05, 0.1) is 0 Å². The van der Waals surface area contributed by atoms with Crippen LogP contribution in [0.1, 0.15) is 65.2 Å². The van der Waals surface area contributed by atoms with Gasteiger partial charge < -0.3 is 5.32 Å². The number of nitrogens with one attached hydrogen (secondary N) is 1. The Morgan fingerprint density at radius 3 is 2.14 bits per heavy atom. The van der Waals surface area contributed by atoms with Crippen molar-refractivity contribution >= 4 is 0 Å². The van der Waals surface area contributed by atoms with Crippen molar-refractivity contribution in [3.05, 3.63) is 0 Å². The van der Waals surface area contributed by atoms with Crippen LogP contribution in [-0.4, -0.2) is 12.6 Å². The fourth-order valence-corrected chi connectivity index (χ4v) is 1.98. The summed E-state index contributed by atoms with van der Waals surface area (Å²) >= 11 is 0. The van der Waals surface area contributed by atoms with E-state index in [1.54, 1.807) is 0 Å². The Bertz CT molecular complexity index is 133. The summed E-state index contributed by atoms with van der Waals surface area (Å²) < 4.78 is 0. The van der Waals surface area contributed by atoms with Gasteiger partial charge in [-0.15, -0.1) is 0 Å². The Balaban J connectivity index is 1.68. The molecule has 0 amide bonds. The van der Waals surface area contributed by atoms with E-state index >= 15 is 0 Å². The zero-order valence-corrected chi connectivity index (χ0v) is 10.0. The minimum atomic E-state index is 0.870. The second-order valence-electron chi connectivity index (χ2n) is 4.89. The summed E-state index contributed by atoms with van der Waals surface area (Å²) in [5.74, 6) is 0.958. The number of hydrogen-bond acceptors (Lipinski definition) is 1. The van der Waals surface area contributed by atoms with Crippen molar-refractivity contribution in [2.75, 3.05) is 6.54 Å². The fraction of sp³-hybridized carbons (Fsp3) is 1.00. The van der Waals surface area contributed by atoms with E-state index in [1.165, 1.54) is 57.9 Å². The first kappa shape index (κ1) is 12.0. The third-order valence-electron chi connectivity index (χ3n) is 3.30. The summed E-state index contributed by atoms with van der Waals surface area (Å²) in [7, 11) is 0. The molecule has 0 aromatic heterocycles. The third kappa shape index (κ3) is 5.64. The van der Waals surface area contributed by atoms with Gasteiger partial charge in [0.25, 0.3) is 0 Å². The van der Waals surface area contributed by atoms with Gasteiger partial charge in [0, 0.05) is 6.04 Å². The van der Waals surface area contributed by atoms with Gasteiger partial charge in [0.2, 0.25) is 0 Å². The van der Waals surface area contributed by atoms with Crippen LogP contribution in [0.4, 0.5) is 0 Å².